The van der Waals surface area contributed by atoms with E-state index in [9.17, 15) is 9.59 Å². The summed E-state index contributed by atoms with van der Waals surface area (Å²) in [5.41, 5.74) is 5.16. The molecule has 0 spiro atoms. The van der Waals surface area contributed by atoms with Gasteiger partial charge in [0.15, 0.2) is 0 Å². The zero-order chi connectivity index (χ0) is 21.9. The molecule has 2 aromatic carbocycles. The van der Waals surface area contributed by atoms with Gasteiger partial charge in [0.2, 0.25) is 0 Å². The molecule has 2 aliphatic heterocycles. The van der Waals surface area contributed by atoms with E-state index in [1.54, 1.807) is 7.05 Å². The van der Waals surface area contributed by atoms with Crippen molar-refractivity contribution in [3.63, 3.8) is 0 Å². The van der Waals surface area contributed by atoms with Crippen molar-refractivity contribution in [1.82, 2.24) is 9.80 Å². The third-order valence-corrected chi connectivity index (χ3v) is 8.42. The molecular weight excluding hydrogens is 453 g/mol. The Labute approximate surface area is 187 Å². The van der Waals surface area contributed by atoms with Crippen LogP contribution in [0.1, 0.15) is 29.4 Å². The number of fused-ring (bicyclic) bond motifs is 2. The normalized spacial score (nSPS) is 18.6. The minimum absolute atomic E-state index is 0.00565. The number of likely N-dealkylation sites (N-methyl/N-ethyl adjacent to an activating group) is 2. The number of urea groups is 1. The summed E-state index contributed by atoms with van der Waals surface area (Å²) in [6, 6.07) is 20.9. The first kappa shape index (κ1) is 19.9. The van der Waals surface area contributed by atoms with Crippen LogP contribution in [0.2, 0.25) is 0 Å². The van der Waals surface area contributed by atoms with Crippen molar-refractivity contribution in [2.45, 2.75) is 19.3 Å². The Balaban J connectivity index is 1.70. The zero-order valence-electron chi connectivity index (χ0n) is 17.9. The molecule has 31 heavy (non-hydrogen) atoms. The van der Waals surface area contributed by atoms with Gasteiger partial charge in [-0.25, -0.2) is 0 Å². The molecule has 3 aromatic rings. The van der Waals surface area contributed by atoms with E-state index >= 15 is 0 Å². The van der Waals surface area contributed by atoms with Crippen LogP contribution < -0.4 is 4.90 Å². The number of nitrogens with zero attached hydrogens (tertiary/aromatic N) is 3. The molecular formula is C25H23N3O2Se. The van der Waals surface area contributed by atoms with Crippen LogP contribution in [0.5, 0.6) is 0 Å². The second kappa shape index (κ2) is 6.98. The van der Waals surface area contributed by atoms with Crippen LogP contribution in [0, 0.1) is 0 Å². The summed E-state index contributed by atoms with van der Waals surface area (Å²) in [5, 5.41) is 0. The number of anilines is 3. The minimum atomic E-state index is -0.293. The summed E-state index contributed by atoms with van der Waals surface area (Å²) in [6.07, 6.45) is 1.89. The van der Waals surface area contributed by atoms with E-state index in [1.165, 1.54) is 33.3 Å². The molecule has 6 heteroatoms. The number of carbonyl (C=O) groups excluding carboxylic acids is 2. The maximum absolute atomic E-state index is 12.6. The van der Waals surface area contributed by atoms with Crippen LogP contribution in [0.3, 0.4) is 0 Å². The molecule has 3 heterocycles. The van der Waals surface area contributed by atoms with Crippen molar-refractivity contribution in [3.05, 3.63) is 81.9 Å². The number of benzene rings is 2. The van der Waals surface area contributed by atoms with Gasteiger partial charge in [0.25, 0.3) is 0 Å². The van der Waals surface area contributed by atoms with Gasteiger partial charge < -0.3 is 0 Å². The molecule has 0 radical (unpaired) electrons. The number of carbonyl (C=O) groups is 2. The topological polar surface area (TPSA) is 43.9 Å². The summed E-state index contributed by atoms with van der Waals surface area (Å²) in [4.78, 5) is 29.7. The fraction of sp³-hybridized carbons (Fsp3) is 0.200. The van der Waals surface area contributed by atoms with Crippen LogP contribution in [0.25, 0.3) is 6.08 Å². The summed E-state index contributed by atoms with van der Waals surface area (Å²) in [5.74, 6) is -0.253. The molecule has 0 saturated carbocycles. The fourth-order valence-corrected chi connectivity index (χ4v) is 7.10. The van der Waals surface area contributed by atoms with Crippen LogP contribution in [0.4, 0.5) is 20.7 Å². The molecule has 1 fully saturated rings. The molecule has 0 atom stereocenters. The van der Waals surface area contributed by atoms with Crippen molar-refractivity contribution in [2.75, 3.05) is 19.0 Å². The quantitative estimate of drug-likeness (QED) is 0.306. The molecule has 0 N–H and O–H groups in total. The van der Waals surface area contributed by atoms with Crippen molar-refractivity contribution in [1.29, 1.82) is 0 Å². The molecule has 0 aliphatic carbocycles. The third-order valence-electron chi connectivity index (χ3n) is 6.18. The fourth-order valence-electron chi connectivity index (χ4n) is 4.39. The first-order chi connectivity index (χ1) is 14.8. The summed E-state index contributed by atoms with van der Waals surface area (Å²) >= 11 is -0.00565. The predicted molar refractivity (Wildman–Crippen MR) is 124 cm³/mol. The molecule has 5 nitrogen and oxygen atoms in total. The van der Waals surface area contributed by atoms with Crippen molar-refractivity contribution in [2.24, 2.45) is 0 Å². The van der Waals surface area contributed by atoms with E-state index in [0.717, 1.165) is 15.0 Å². The average Bonchev–Trinajstić information content (AvgIpc) is 3.27. The van der Waals surface area contributed by atoms with Gasteiger partial charge in [0, 0.05) is 0 Å². The number of hydrogen-bond donors (Lipinski definition) is 0. The molecule has 0 bridgehead atoms. The van der Waals surface area contributed by atoms with Gasteiger partial charge in [-0.05, 0) is 0 Å². The van der Waals surface area contributed by atoms with Crippen LogP contribution in [0.15, 0.2) is 66.4 Å². The number of amides is 3. The second-order valence-electron chi connectivity index (χ2n) is 8.42. The number of hydrogen-bond acceptors (Lipinski definition) is 3. The molecule has 1 aromatic heterocycles. The third kappa shape index (κ3) is 2.90. The standard InChI is InChI=1S/C25H23N3O2Se/c1-25(2)18-12-8-9-13-20(18)28(16-10-6-5-7-11-16)23-19(25)14-17(31-23)15-21-22(29)27(4)24(30)26(21)3/h5-15H,1-4H3/b21-15+. The van der Waals surface area contributed by atoms with Gasteiger partial charge in [0.1, 0.15) is 0 Å². The van der Waals surface area contributed by atoms with Gasteiger partial charge in [-0.1, -0.05) is 0 Å². The predicted octanol–water partition coefficient (Wildman–Crippen LogP) is 4.72. The van der Waals surface area contributed by atoms with E-state index in [-0.39, 0.29) is 31.9 Å². The summed E-state index contributed by atoms with van der Waals surface area (Å²) in [7, 11) is 3.18. The van der Waals surface area contributed by atoms with Crippen LogP contribution in [-0.4, -0.2) is 50.3 Å². The maximum atomic E-state index is 12.6. The molecule has 2 aliphatic rings. The van der Waals surface area contributed by atoms with Crippen LogP contribution in [-0.2, 0) is 10.2 Å². The Morgan fingerprint density at radius 2 is 1.55 bits per heavy atom. The Morgan fingerprint density at radius 3 is 2.23 bits per heavy atom. The van der Waals surface area contributed by atoms with E-state index in [4.69, 9.17) is 0 Å². The zero-order valence-corrected chi connectivity index (χ0v) is 19.6. The van der Waals surface area contributed by atoms with Crippen LogP contribution >= 0.6 is 0 Å². The Kier molecular flexibility index (Phi) is 4.47. The van der Waals surface area contributed by atoms with E-state index < -0.39 is 0 Å². The second-order valence-corrected chi connectivity index (χ2v) is 10.6. The van der Waals surface area contributed by atoms with Crippen molar-refractivity contribution < 1.29 is 9.59 Å². The Morgan fingerprint density at radius 1 is 0.871 bits per heavy atom. The first-order valence-corrected chi connectivity index (χ1v) is 11.9. The van der Waals surface area contributed by atoms with Crippen molar-refractivity contribution >= 4 is 48.5 Å². The molecule has 3 amide bonds. The monoisotopic (exact) mass is 477 g/mol. The van der Waals surface area contributed by atoms with E-state index in [1.807, 2.05) is 12.1 Å². The number of para-hydroxylation sites is 2. The van der Waals surface area contributed by atoms with E-state index in [0.29, 0.717) is 5.70 Å². The Hall–Kier alpha value is -3.08. The Bertz CT molecular complexity index is 1240. The van der Waals surface area contributed by atoms with Crippen molar-refractivity contribution in [3.8, 4) is 0 Å². The summed E-state index contributed by atoms with van der Waals surface area (Å²) < 4.78 is 2.37. The average molecular weight is 476 g/mol. The molecule has 156 valence electrons. The van der Waals surface area contributed by atoms with Gasteiger partial charge in [0.05, 0.1) is 0 Å². The SMILES string of the molecule is CN1C(=O)/C(=C\c2cc3c([se]2)N(c2ccccc2)c2ccccc2C3(C)C)N(C)C1=O. The number of imide groups is 1. The van der Waals surface area contributed by atoms with Gasteiger partial charge >= 0.3 is 188 Å². The van der Waals surface area contributed by atoms with Gasteiger partial charge in [-0.2, -0.15) is 0 Å². The van der Waals surface area contributed by atoms with E-state index in [2.05, 4.69) is 73.3 Å². The first-order valence-electron chi connectivity index (χ1n) is 10.2. The molecule has 1 saturated heterocycles. The molecule has 5 rings (SSSR count). The molecule has 0 unspecified atom stereocenters. The van der Waals surface area contributed by atoms with Gasteiger partial charge in [-0.15, -0.1) is 0 Å². The number of rotatable bonds is 2. The summed E-state index contributed by atoms with van der Waals surface area (Å²) in [6.45, 7) is 4.52. The van der Waals surface area contributed by atoms with Gasteiger partial charge in [-0.3, -0.25) is 0 Å².